The van der Waals surface area contributed by atoms with E-state index < -0.39 is 0 Å². The molecule has 3 nitrogen and oxygen atoms in total. The summed E-state index contributed by atoms with van der Waals surface area (Å²) in [4.78, 5) is 0. The molecule has 0 aliphatic carbocycles. The highest BCUT2D eigenvalue weighted by molar-refractivity contribution is 6.31. The minimum atomic E-state index is -0.132. The summed E-state index contributed by atoms with van der Waals surface area (Å²) in [6.45, 7) is 2.35. The van der Waals surface area contributed by atoms with Crippen molar-refractivity contribution < 1.29 is 14.6 Å². The Hall–Kier alpha value is -1.71. The Morgan fingerprint density at radius 1 is 1.10 bits per heavy atom. The van der Waals surface area contributed by atoms with Crippen LogP contribution in [0.5, 0.6) is 11.5 Å². The fraction of sp³-hybridized carbons (Fsp3) is 0.250. The van der Waals surface area contributed by atoms with Crippen LogP contribution in [0.3, 0.4) is 0 Å². The van der Waals surface area contributed by atoms with Crippen molar-refractivity contribution in [3.63, 3.8) is 0 Å². The van der Waals surface area contributed by atoms with Gasteiger partial charge in [0.1, 0.15) is 6.61 Å². The molecular formula is C16H17ClO3. The second-order valence-corrected chi connectivity index (χ2v) is 4.93. The third kappa shape index (κ3) is 3.44. The third-order valence-corrected chi connectivity index (χ3v) is 3.37. The van der Waals surface area contributed by atoms with Gasteiger partial charge in [0.05, 0.1) is 18.7 Å². The first-order chi connectivity index (χ1) is 9.63. The summed E-state index contributed by atoms with van der Waals surface area (Å²) in [5.74, 6) is 1.13. The van der Waals surface area contributed by atoms with Gasteiger partial charge in [-0.1, -0.05) is 41.4 Å². The van der Waals surface area contributed by atoms with Crippen LogP contribution < -0.4 is 9.47 Å². The molecule has 20 heavy (non-hydrogen) atoms. The number of aliphatic hydroxyl groups is 1. The van der Waals surface area contributed by atoms with Gasteiger partial charge in [-0.15, -0.1) is 0 Å². The molecule has 2 aromatic carbocycles. The van der Waals surface area contributed by atoms with Crippen molar-refractivity contribution in [1.29, 1.82) is 0 Å². The molecule has 0 aliphatic heterocycles. The van der Waals surface area contributed by atoms with Gasteiger partial charge in [-0.3, -0.25) is 0 Å². The fourth-order valence-electron chi connectivity index (χ4n) is 1.82. The fourth-order valence-corrected chi connectivity index (χ4v) is 2.03. The van der Waals surface area contributed by atoms with E-state index in [1.807, 2.05) is 31.2 Å². The molecule has 1 N–H and O–H groups in total. The van der Waals surface area contributed by atoms with E-state index in [2.05, 4.69) is 0 Å². The van der Waals surface area contributed by atoms with E-state index in [0.29, 0.717) is 28.7 Å². The van der Waals surface area contributed by atoms with Crippen LogP contribution in [0.4, 0.5) is 0 Å². The molecule has 0 radical (unpaired) electrons. The van der Waals surface area contributed by atoms with Gasteiger partial charge >= 0.3 is 0 Å². The lowest BCUT2D eigenvalue weighted by molar-refractivity contribution is 0.274. The number of aliphatic hydroxyl groups excluding tert-OH is 1. The second-order valence-electron chi connectivity index (χ2n) is 4.53. The maximum Gasteiger partial charge on any atom is 0.163 e. The Bertz CT molecular complexity index is 579. The molecule has 0 fully saturated rings. The van der Waals surface area contributed by atoms with Gasteiger partial charge in [-0.05, 0) is 24.1 Å². The molecule has 2 rings (SSSR count). The standard InChI is InChI=1S/C16H17ClO3/c1-11-3-5-12(6-4-11)10-20-16-8-14(17)13(9-18)7-15(16)19-2/h3-8,18H,9-10H2,1-2H3. The Labute approximate surface area is 123 Å². The summed E-state index contributed by atoms with van der Waals surface area (Å²) in [5, 5.41) is 9.65. The van der Waals surface area contributed by atoms with Gasteiger partial charge in [-0.2, -0.15) is 0 Å². The number of halogens is 1. The monoisotopic (exact) mass is 292 g/mol. The molecule has 0 unspecified atom stereocenters. The Balaban J connectivity index is 2.16. The zero-order valence-electron chi connectivity index (χ0n) is 11.5. The van der Waals surface area contributed by atoms with Crippen molar-refractivity contribution in [2.24, 2.45) is 0 Å². The molecule has 106 valence electrons. The van der Waals surface area contributed by atoms with Gasteiger partial charge in [-0.25, -0.2) is 0 Å². The predicted molar refractivity (Wildman–Crippen MR) is 79.4 cm³/mol. The maximum absolute atomic E-state index is 9.18. The first kappa shape index (κ1) is 14.7. The normalized spacial score (nSPS) is 10.4. The highest BCUT2D eigenvalue weighted by atomic mass is 35.5. The number of methoxy groups -OCH3 is 1. The highest BCUT2D eigenvalue weighted by Crippen LogP contribution is 2.33. The number of aryl methyl sites for hydroxylation is 1. The summed E-state index contributed by atoms with van der Waals surface area (Å²) >= 11 is 6.07. The molecule has 0 heterocycles. The van der Waals surface area contributed by atoms with Gasteiger partial charge in [0.25, 0.3) is 0 Å². The molecule has 0 aliphatic rings. The lowest BCUT2D eigenvalue weighted by atomic mass is 10.1. The molecule has 0 saturated heterocycles. The van der Waals surface area contributed by atoms with Crippen LogP contribution in [-0.2, 0) is 13.2 Å². The van der Waals surface area contributed by atoms with Gasteiger partial charge < -0.3 is 14.6 Å². The van der Waals surface area contributed by atoms with Crippen LogP contribution in [-0.4, -0.2) is 12.2 Å². The van der Waals surface area contributed by atoms with Crippen LogP contribution in [0.15, 0.2) is 36.4 Å². The van der Waals surface area contributed by atoms with Crippen LogP contribution >= 0.6 is 11.6 Å². The maximum atomic E-state index is 9.18. The van der Waals surface area contributed by atoms with E-state index in [1.165, 1.54) is 5.56 Å². The zero-order valence-corrected chi connectivity index (χ0v) is 12.3. The minimum absolute atomic E-state index is 0.132. The lowest BCUT2D eigenvalue weighted by Gasteiger charge is -2.13. The molecule has 0 bridgehead atoms. The summed E-state index contributed by atoms with van der Waals surface area (Å²) in [6, 6.07) is 11.5. The van der Waals surface area contributed by atoms with Gasteiger partial charge in [0.2, 0.25) is 0 Å². The van der Waals surface area contributed by atoms with Crippen molar-refractivity contribution >= 4 is 11.6 Å². The summed E-state index contributed by atoms with van der Waals surface area (Å²) < 4.78 is 11.0. The van der Waals surface area contributed by atoms with Crippen LogP contribution in [0.2, 0.25) is 5.02 Å². The average molecular weight is 293 g/mol. The summed E-state index contributed by atoms with van der Waals surface area (Å²) in [6.07, 6.45) is 0. The van der Waals surface area contributed by atoms with Crippen molar-refractivity contribution in [1.82, 2.24) is 0 Å². The van der Waals surface area contributed by atoms with E-state index in [0.717, 1.165) is 5.56 Å². The predicted octanol–water partition coefficient (Wildman–Crippen LogP) is 3.73. The average Bonchev–Trinajstić information content (AvgIpc) is 2.46. The SMILES string of the molecule is COc1cc(CO)c(Cl)cc1OCc1ccc(C)cc1. The van der Waals surface area contributed by atoms with E-state index in [9.17, 15) is 5.11 Å². The van der Waals surface area contributed by atoms with Gasteiger partial charge in [0.15, 0.2) is 11.5 Å². The molecule has 0 saturated carbocycles. The van der Waals surface area contributed by atoms with E-state index in [4.69, 9.17) is 21.1 Å². The Morgan fingerprint density at radius 2 is 1.80 bits per heavy atom. The summed E-state index contributed by atoms with van der Waals surface area (Å²) in [5.41, 5.74) is 2.90. The first-order valence-electron chi connectivity index (χ1n) is 6.29. The van der Waals surface area contributed by atoms with E-state index >= 15 is 0 Å². The Kier molecular flexibility index (Phi) is 4.88. The minimum Gasteiger partial charge on any atom is -0.493 e. The number of ether oxygens (including phenoxy) is 2. The topological polar surface area (TPSA) is 38.7 Å². The molecule has 0 aromatic heterocycles. The molecule has 0 atom stereocenters. The van der Waals surface area contributed by atoms with Gasteiger partial charge in [0, 0.05) is 6.07 Å². The molecular weight excluding hydrogens is 276 g/mol. The number of benzene rings is 2. The molecule has 4 heteroatoms. The number of hydrogen-bond acceptors (Lipinski definition) is 3. The van der Waals surface area contributed by atoms with Crippen LogP contribution in [0.1, 0.15) is 16.7 Å². The lowest BCUT2D eigenvalue weighted by Crippen LogP contribution is -1.99. The summed E-state index contributed by atoms with van der Waals surface area (Å²) in [7, 11) is 1.56. The van der Waals surface area contributed by atoms with Crippen molar-refractivity contribution in [2.45, 2.75) is 20.1 Å². The molecule has 0 spiro atoms. The molecule has 0 amide bonds. The van der Waals surface area contributed by atoms with E-state index in [-0.39, 0.29) is 6.61 Å². The van der Waals surface area contributed by atoms with Crippen molar-refractivity contribution in [3.05, 3.63) is 58.1 Å². The quantitative estimate of drug-likeness (QED) is 0.912. The number of hydrogen-bond donors (Lipinski definition) is 1. The van der Waals surface area contributed by atoms with E-state index in [1.54, 1.807) is 19.2 Å². The smallest absolute Gasteiger partial charge is 0.163 e. The first-order valence-corrected chi connectivity index (χ1v) is 6.67. The Morgan fingerprint density at radius 3 is 2.40 bits per heavy atom. The zero-order chi connectivity index (χ0) is 14.5. The largest absolute Gasteiger partial charge is 0.493 e. The van der Waals surface area contributed by atoms with Crippen molar-refractivity contribution in [3.8, 4) is 11.5 Å². The number of rotatable bonds is 5. The van der Waals surface area contributed by atoms with Crippen LogP contribution in [0.25, 0.3) is 0 Å². The third-order valence-electron chi connectivity index (χ3n) is 3.02. The second kappa shape index (κ2) is 6.64. The highest BCUT2D eigenvalue weighted by Gasteiger charge is 2.10. The molecule has 2 aromatic rings. The van der Waals surface area contributed by atoms with Crippen LogP contribution in [0, 0.1) is 6.92 Å². The van der Waals surface area contributed by atoms with Crippen molar-refractivity contribution in [2.75, 3.05) is 7.11 Å².